The van der Waals surface area contributed by atoms with E-state index in [9.17, 15) is 29.8 Å². The summed E-state index contributed by atoms with van der Waals surface area (Å²) in [5.74, 6) is -1.58. The number of β-lactam (4-membered cyclic amide) rings is 1. The molecule has 15 nitrogen and oxygen atoms in total. The van der Waals surface area contributed by atoms with Gasteiger partial charge in [0, 0.05) is 0 Å². The van der Waals surface area contributed by atoms with Gasteiger partial charge < -0.3 is 0 Å². The Morgan fingerprint density at radius 1 is 0.667 bits per heavy atom. The zero-order valence-corrected chi connectivity index (χ0v) is 37.2. The number of amides is 1. The van der Waals surface area contributed by atoms with Gasteiger partial charge in [0.25, 0.3) is 0 Å². The maximum atomic E-state index is 16.1. The zero-order valence-electron chi connectivity index (χ0n) is 36.3. The van der Waals surface area contributed by atoms with Crippen molar-refractivity contribution in [3.63, 3.8) is 0 Å². The van der Waals surface area contributed by atoms with E-state index in [1.165, 1.54) is 55.3 Å². The van der Waals surface area contributed by atoms with Crippen LogP contribution < -0.4 is 20.7 Å². The van der Waals surface area contributed by atoms with Crippen molar-refractivity contribution < 1.29 is 48.0 Å². The standard InChI is InChI=1S/C50H46N3O12P/c1-35(65-48(56)63-32-37-17-13-15-25-43(37)52(58)59)46-47(55)51(50(46,2)31-45(54)36-27-29-39(62-3)30-28-36)34-66(40-19-7-4-8-20-40,41-21-9-5-10-22-41,42-23-11-6-12-24-42)49(57)64-33-38-18-14-16-26-44(38)53(60)61/h4-30,35,46H,31-34H2,1-3H3/t35-,46-,50+/m0/s1. The van der Waals surface area contributed by atoms with Crippen LogP contribution in [0.15, 0.2) is 164 Å². The SMILES string of the molecule is COc1ccc(C(=O)C[C@]2(C)[C@@H]([C@H](C)OC(=O)OCc3ccccc3[N+](=O)[O-])C(=O)N2CP(C(=O)OCc2ccccc2[N+](=O)[O-])(c2ccccc2)(c2ccccc2)c2ccccc2)cc1. The van der Waals surface area contributed by atoms with Gasteiger partial charge in [-0.15, -0.1) is 0 Å². The molecule has 1 aliphatic rings. The van der Waals surface area contributed by atoms with E-state index in [1.807, 2.05) is 0 Å². The summed E-state index contributed by atoms with van der Waals surface area (Å²) in [6, 6.07) is 45.0. The Balaban J connectivity index is 1.37. The monoisotopic (exact) mass is 911 g/mol. The van der Waals surface area contributed by atoms with E-state index in [4.69, 9.17) is 18.9 Å². The molecule has 0 spiro atoms. The molecule has 0 radical (unpaired) electrons. The Labute approximate surface area is 380 Å². The number of carbonyl (C=O) groups is 4. The van der Waals surface area contributed by atoms with Gasteiger partial charge in [-0.2, -0.15) is 0 Å². The van der Waals surface area contributed by atoms with Gasteiger partial charge in [0.2, 0.25) is 0 Å². The molecule has 1 aliphatic heterocycles. The number of carbonyl (C=O) groups excluding carboxylic acids is 4. The van der Waals surface area contributed by atoms with Crippen molar-refractivity contribution in [2.75, 3.05) is 13.4 Å². The minimum absolute atomic E-state index is 0.121. The number of nitro benzene ring substituents is 2. The average molecular weight is 912 g/mol. The third-order valence-corrected chi connectivity index (χ3v) is 18.5. The van der Waals surface area contributed by atoms with Gasteiger partial charge in [-0.1, -0.05) is 6.07 Å². The molecule has 338 valence electrons. The molecule has 66 heavy (non-hydrogen) atoms. The number of benzene rings is 6. The molecule has 6 aromatic carbocycles. The molecule has 7 rings (SSSR count). The summed E-state index contributed by atoms with van der Waals surface area (Å²) in [7, 11) is 1.50. The summed E-state index contributed by atoms with van der Waals surface area (Å²) < 4.78 is 22.8. The maximum absolute atomic E-state index is 16.1. The van der Waals surface area contributed by atoms with Crippen molar-refractivity contribution in [2.24, 2.45) is 5.92 Å². The number of hydrogen-bond acceptors (Lipinski definition) is 12. The van der Waals surface area contributed by atoms with Gasteiger partial charge in [-0.05, 0) is 0 Å². The molecule has 0 bridgehead atoms. The fourth-order valence-corrected chi connectivity index (χ4v) is 15.0. The summed E-state index contributed by atoms with van der Waals surface area (Å²) in [5, 5.41) is 25.3. The Kier molecular flexibility index (Phi) is 13.4. The molecule has 0 aromatic heterocycles. The van der Waals surface area contributed by atoms with E-state index in [1.54, 1.807) is 134 Å². The van der Waals surface area contributed by atoms with E-state index in [0.717, 1.165) is 0 Å². The minimum atomic E-state index is -4.94. The normalized spacial score (nSPS) is 16.7. The van der Waals surface area contributed by atoms with Crippen molar-refractivity contribution in [1.82, 2.24) is 4.90 Å². The Morgan fingerprint density at radius 3 is 1.56 bits per heavy atom. The second-order valence-corrected chi connectivity index (χ2v) is 20.9. The summed E-state index contributed by atoms with van der Waals surface area (Å²) in [6.07, 6.45) is -3.06. The molecule has 1 heterocycles. The number of Topliss-reactive ketones (excluding diaryl/α,β-unsaturated/α-hetero) is 1. The zero-order chi connectivity index (χ0) is 47.1. The molecule has 1 amide bonds. The molecule has 0 saturated carbocycles. The van der Waals surface area contributed by atoms with Crippen LogP contribution in [0.25, 0.3) is 0 Å². The molecular weight excluding hydrogens is 866 g/mol. The number of para-hydroxylation sites is 2. The fraction of sp³-hybridized carbons (Fsp3) is 0.200. The van der Waals surface area contributed by atoms with E-state index < -0.39 is 65.0 Å². The number of ketones is 1. The van der Waals surface area contributed by atoms with Crippen molar-refractivity contribution in [1.29, 1.82) is 0 Å². The van der Waals surface area contributed by atoms with Crippen molar-refractivity contribution in [2.45, 2.75) is 45.1 Å². The van der Waals surface area contributed by atoms with Gasteiger partial charge in [0.15, 0.2) is 0 Å². The number of nitrogens with zero attached hydrogens (tertiary/aromatic N) is 3. The molecule has 3 atom stereocenters. The van der Waals surface area contributed by atoms with E-state index >= 15 is 9.59 Å². The van der Waals surface area contributed by atoms with E-state index in [-0.39, 0.29) is 41.0 Å². The van der Waals surface area contributed by atoms with Crippen LogP contribution in [-0.2, 0) is 32.2 Å². The van der Waals surface area contributed by atoms with Crippen molar-refractivity contribution >= 4 is 57.4 Å². The van der Waals surface area contributed by atoms with E-state index in [2.05, 4.69) is 0 Å². The number of ether oxygens (including phenoxy) is 4. The van der Waals surface area contributed by atoms with Gasteiger partial charge in [-0.3, -0.25) is 10.1 Å². The average Bonchev–Trinajstić information content (AvgIpc) is 3.34. The van der Waals surface area contributed by atoms with Crippen molar-refractivity contribution in [3.8, 4) is 5.75 Å². The van der Waals surface area contributed by atoms with Crippen LogP contribution >= 0.6 is 6.60 Å². The quantitative estimate of drug-likeness (QED) is 0.0199. The number of nitro groups is 2. The first-order valence-electron chi connectivity index (χ1n) is 20.9. The predicted octanol–water partition coefficient (Wildman–Crippen LogP) is 8.87. The molecular formula is C50H46N3O12P. The van der Waals surface area contributed by atoms with Crippen LogP contribution in [0.2, 0.25) is 0 Å². The van der Waals surface area contributed by atoms with Crippen LogP contribution in [-0.4, -0.2) is 63.3 Å². The van der Waals surface area contributed by atoms with Crippen LogP contribution in [0.1, 0.15) is 41.8 Å². The molecule has 1 fully saturated rings. The summed E-state index contributed by atoms with van der Waals surface area (Å²) >= 11 is 0. The molecule has 0 N–H and O–H groups in total. The van der Waals surface area contributed by atoms with Crippen molar-refractivity contribution in [3.05, 3.63) is 201 Å². The van der Waals surface area contributed by atoms with Crippen LogP contribution in [0.3, 0.4) is 0 Å². The van der Waals surface area contributed by atoms with Gasteiger partial charge in [0.05, 0.1) is 0 Å². The number of rotatable bonds is 18. The van der Waals surface area contributed by atoms with Crippen LogP contribution in [0, 0.1) is 26.1 Å². The number of likely N-dealkylation sites (tertiary alicyclic amines) is 1. The second-order valence-electron chi connectivity index (χ2n) is 16.1. The molecule has 16 heteroatoms. The number of methoxy groups -OCH3 is 1. The molecule has 1 saturated heterocycles. The summed E-state index contributed by atoms with van der Waals surface area (Å²) in [6.45, 7) is -2.72. The Morgan fingerprint density at radius 2 is 1.11 bits per heavy atom. The third kappa shape index (κ3) is 8.36. The summed E-state index contributed by atoms with van der Waals surface area (Å²) in [5.41, 5.74) is -2.14. The molecule has 0 unspecified atom stereocenters. The van der Waals surface area contributed by atoms with Gasteiger partial charge >= 0.3 is 365 Å². The van der Waals surface area contributed by atoms with Crippen LogP contribution in [0.4, 0.5) is 21.0 Å². The first-order chi connectivity index (χ1) is 31.7. The third-order valence-electron chi connectivity index (χ3n) is 12.4. The van der Waals surface area contributed by atoms with Gasteiger partial charge in [0.1, 0.15) is 0 Å². The van der Waals surface area contributed by atoms with Crippen LogP contribution in [0.5, 0.6) is 5.75 Å². The number of hydrogen-bond donors (Lipinski definition) is 0. The van der Waals surface area contributed by atoms with E-state index in [0.29, 0.717) is 27.2 Å². The Hall–Kier alpha value is -7.77. The van der Waals surface area contributed by atoms with Gasteiger partial charge in [-0.25, -0.2) is 0 Å². The first-order valence-corrected chi connectivity index (χ1v) is 23.3. The Bertz CT molecular complexity index is 2680. The molecule has 6 aromatic rings. The summed E-state index contributed by atoms with van der Waals surface area (Å²) in [4.78, 5) is 83.2. The topological polar surface area (TPSA) is 195 Å². The predicted molar refractivity (Wildman–Crippen MR) is 248 cm³/mol. The first kappa shape index (κ1) is 46.2. The second kappa shape index (κ2) is 19.1. The molecule has 0 aliphatic carbocycles. The fourth-order valence-electron chi connectivity index (χ4n) is 9.05.